The van der Waals surface area contributed by atoms with Crippen molar-refractivity contribution in [2.75, 3.05) is 6.26 Å². The molecule has 2 aromatic carbocycles. The van der Waals surface area contributed by atoms with Crippen LogP contribution < -0.4 is 4.72 Å². The van der Waals surface area contributed by atoms with E-state index in [2.05, 4.69) is 16.9 Å². The van der Waals surface area contributed by atoms with Crippen LogP contribution in [-0.4, -0.2) is 41.1 Å². The molecule has 2 N–H and O–H groups in total. The molecule has 0 aliphatic carbocycles. The van der Waals surface area contributed by atoms with E-state index in [-0.39, 0.29) is 16.4 Å². The van der Waals surface area contributed by atoms with Crippen LogP contribution in [0.25, 0.3) is 16.6 Å². The number of benzene rings is 2. The van der Waals surface area contributed by atoms with Crippen LogP contribution in [0.4, 0.5) is 4.39 Å². The van der Waals surface area contributed by atoms with Gasteiger partial charge in [0.1, 0.15) is 17.1 Å². The molecule has 3 rings (SSSR count). The van der Waals surface area contributed by atoms with Crippen molar-refractivity contribution in [3.8, 4) is 17.5 Å². The summed E-state index contributed by atoms with van der Waals surface area (Å²) in [7, 11) is -3.89. The number of halogens is 3. The van der Waals surface area contributed by atoms with Crippen LogP contribution in [0, 0.1) is 17.7 Å². The van der Waals surface area contributed by atoms with Gasteiger partial charge in [0, 0.05) is 16.5 Å². The molecule has 11 heteroatoms. The Kier molecular flexibility index (Phi) is 6.04. The summed E-state index contributed by atoms with van der Waals surface area (Å²) >= 11 is 12.4. The molecular weight excluding hydrogens is 468 g/mol. The predicted molar refractivity (Wildman–Crippen MR) is 117 cm³/mol. The number of carbonyl (C=O) groups excluding carboxylic acids is 1. The number of hydrogen-bond acceptors (Lipinski definition) is 5. The van der Waals surface area contributed by atoms with Crippen LogP contribution in [0.5, 0.6) is 0 Å². The average molecular weight is 484 g/mol. The fourth-order valence-electron chi connectivity index (χ4n) is 2.67. The molecule has 1 aromatic heterocycles. The topological polar surface area (TPSA) is 101 Å². The van der Waals surface area contributed by atoms with Gasteiger partial charge < -0.3 is 5.11 Å². The van der Waals surface area contributed by atoms with E-state index >= 15 is 0 Å². The molecule has 3 aromatic rings. The van der Waals surface area contributed by atoms with Gasteiger partial charge in [-0.15, -0.1) is 0 Å². The van der Waals surface area contributed by atoms with E-state index in [1.165, 1.54) is 18.5 Å². The highest BCUT2D eigenvalue weighted by molar-refractivity contribution is 7.89. The van der Waals surface area contributed by atoms with Crippen LogP contribution in [0.2, 0.25) is 10.0 Å². The quantitative estimate of drug-likeness (QED) is 0.556. The van der Waals surface area contributed by atoms with E-state index in [4.69, 9.17) is 23.2 Å². The smallest absolute Gasteiger partial charge is 0.267 e. The van der Waals surface area contributed by atoms with E-state index in [1.54, 1.807) is 22.9 Å². The summed E-state index contributed by atoms with van der Waals surface area (Å²) in [5.74, 6) is 3.28. The van der Waals surface area contributed by atoms with E-state index in [0.29, 0.717) is 15.9 Å². The van der Waals surface area contributed by atoms with Crippen molar-refractivity contribution in [2.24, 2.45) is 0 Å². The molecule has 0 fully saturated rings. The van der Waals surface area contributed by atoms with Crippen LogP contribution in [0.15, 0.2) is 30.3 Å². The normalized spacial score (nSPS) is 11.8. The van der Waals surface area contributed by atoms with Gasteiger partial charge in [0.2, 0.25) is 10.0 Å². The minimum atomic E-state index is -3.89. The zero-order valence-corrected chi connectivity index (χ0v) is 18.8. The Morgan fingerprint density at radius 2 is 1.94 bits per heavy atom. The maximum atomic E-state index is 14.7. The summed E-state index contributed by atoms with van der Waals surface area (Å²) in [6.45, 7) is 3.03. The third kappa shape index (κ3) is 5.35. The lowest BCUT2D eigenvalue weighted by Crippen LogP contribution is -2.30. The molecule has 0 saturated heterocycles. The molecule has 0 saturated carbocycles. The summed E-state index contributed by atoms with van der Waals surface area (Å²) in [6, 6.07) is 6.84. The predicted octanol–water partition coefficient (Wildman–Crippen LogP) is 3.28. The highest BCUT2D eigenvalue weighted by atomic mass is 35.5. The Morgan fingerprint density at radius 3 is 2.55 bits per heavy atom. The largest absolute Gasteiger partial charge is 0.378 e. The Hall–Kier alpha value is -2.64. The van der Waals surface area contributed by atoms with Crippen LogP contribution >= 0.6 is 23.2 Å². The fourth-order valence-corrected chi connectivity index (χ4v) is 3.54. The van der Waals surface area contributed by atoms with Gasteiger partial charge in [0.05, 0.1) is 28.0 Å². The Balaban J connectivity index is 2.19. The second-order valence-electron chi connectivity index (χ2n) is 7.22. The zero-order chi connectivity index (χ0) is 23.1. The number of nitrogens with one attached hydrogen (secondary N) is 1. The summed E-state index contributed by atoms with van der Waals surface area (Å²) < 4.78 is 40.2. The van der Waals surface area contributed by atoms with Crippen LogP contribution in [-0.2, 0) is 10.0 Å². The van der Waals surface area contributed by atoms with Crippen molar-refractivity contribution in [1.29, 1.82) is 0 Å². The molecule has 1 heterocycles. The lowest BCUT2D eigenvalue weighted by molar-refractivity contribution is 0.0977. The number of nitrogens with zero attached hydrogens (tertiary/aromatic N) is 2. The van der Waals surface area contributed by atoms with Gasteiger partial charge in [-0.1, -0.05) is 29.1 Å². The first kappa shape index (κ1) is 23.0. The van der Waals surface area contributed by atoms with E-state index < -0.39 is 32.9 Å². The van der Waals surface area contributed by atoms with Gasteiger partial charge in [-0.05, 0) is 44.0 Å². The van der Waals surface area contributed by atoms with E-state index in [1.807, 2.05) is 0 Å². The third-order valence-electron chi connectivity index (χ3n) is 3.92. The molecule has 162 valence electrons. The summed E-state index contributed by atoms with van der Waals surface area (Å²) in [5.41, 5.74) is -0.943. The lowest BCUT2D eigenvalue weighted by Gasteiger charge is -2.10. The maximum absolute atomic E-state index is 14.7. The second-order valence-corrected chi connectivity index (χ2v) is 9.81. The van der Waals surface area contributed by atoms with Crippen molar-refractivity contribution in [3.63, 3.8) is 0 Å². The van der Waals surface area contributed by atoms with E-state index in [0.717, 1.165) is 18.4 Å². The first-order valence-corrected chi connectivity index (χ1v) is 11.4. The van der Waals surface area contributed by atoms with Gasteiger partial charge in [0.15, 0.2) is 0 Å². The van der Waals surface area contributed by atoms with Crippen LogP contribution in [0.1, 0.15) is 29.9 Å². The van der Waals surface area contributed by atoms with E-state index in [9.17, 15) is 22.7 Å². The Labute approximate surface area is 187 Å². The lowest BCUT2D eigenvalue weighted by atomic mass is 10.1. The minimum absolute atomic E-state index is 0.0543. The first-order valence-electron chi connectivity index (χ1n) is 8.70. The molecule has 0 atom stereocenters. The number of amides is 1. The monoisotopic (exact) mass is 483 g/mol. The highest BCUT2D eigenvalue weighted by Gasteiger charge is 2.21. The number of aliphatic hydroxyl groups is 1. The minimum Gasteiger partial charge on any atom is -0.378 e. The van der Waals surface area contributed by atoms with Crippen molar-refractivity contribution in [3.05, 3.63) is 57.5 Å². The van der Waals surface area contributed by atoms with Gasteiger partial charge in [-0.3, -0.25) is 4.79 Å². The zero-order valence-electron chi connectivity index (χ0n) is 16.5. The number of fused-ring (bicyclic) bond motifs is 1. The Bertz CT molecular complexity index is 1380. The second kappa shape index (κ2) is 8.13. The molecule has 0 spiro atoms. The number of sulfonamides is 1. The molecule has 7 nitrogen and oxygen atoms in total. The summed E-state index contributed by atoms with van der Waals surface area (Å²) in [6.07, 6.45) is 0.774. The molecule has 0 radical (unpaired) electrons. The van der Waals surface area contributed by atoms with Crippen molar-refractivity contribution < 1.29 is 22.7 Å². The molecule has 0 unspecified atom stereocenters. The maximum Gasteiger partial charge on any atom is 0.267 e. The molecular formula is C20H16Cl2FN3O4S. The Morgan fingerprint density at radius 1 is 1.26 bits per heavy atom. The van der Waals surface area contributed by atoms with Crippen molar-refractivity contribution in [2.45, 2.75) is 19.4 Å². The third-order valence-corrected chi connectivity index (χ3v) is 5.01. The standard InChI is InChI=1S/C20H16Cl2FN3O4S/c1-20(2,28)7-6-16-13-8-11(21)4-5-17(13)26(24-16)18-10-15(23)12(9-14(18)22)19(27)25-31(3,29)30/h4-5,8-10,28H,1-3H3,(H,25,27). The first-order chi connectivity index (χ1) is 14.2. The van der Waals surface area contributed by atoms with Gasteiger partial charge >= 0.3 is 0 Å². The molecule has 0 bridgehead atoms. The number of hydrogen-bond donors (Lipinski definition) is 2. The number of rotatable bonds is 3. The van der Waals surface area contributed by atoms with Crippen molar-refractivity contribution >= 4 is 50.0 Å². The van der Waals surface area contributed by atoms with Crippen LogP contribution in [0.3, 0.4) is 0 Å². The summed E-state index contributed by atoms with van der Waals surface area (Å²) in [5, 5.41) is 15.2. The van der Waals surface area contributed by atoms with Gasteiger partial charge in [-0.25, -0.2) is 22.2 Å². The van der Waals surface area contributed by atoms with Crippen molar-refractivity contribution in [1.82, 2.24) is 14.5 Å². The summed E-state index contributed by atoms with van der Waals surface area (Å²) in [4.78, 5) is 12.0. The molecule has 0 aliphatic rings. The SMILES string of the molecule is CC(C)(O)C#Cc1nn(-c2cc(F)c(C(=O)NS(C)(=O)=O)cc2Cl)c2ccc(Cl)cc12. The molecule has 1 amide bonds. The number of carbonyl (C=O) groups is 1. The molecule has 31 heavy (non-hydrogen) atoms. The average Bonchev–Trinajstić information content (AvgIpc) is 2.97. The number of aromatic nitrogens is 2. The molecule has 0 aliphatic heterocycles. The highest BCUT2D eigenvalue weighted by Crippen LogP contribution is 2.30. The van der Waals surface area contributed by atoms with Gasteiger partial charge in [-0.2, -0.15) is 5.10 Å². The van der Waals surface area contributed by atoms with Gasteiger partial charge in [0.25, 0.3) is 5.91 Å². The fraction of sp³-hybridized carbons (Fsp3) is 0.200.